The van der Waals surface area contributed by atoms with Crippen molar-refractivity contribution in [2.45, 2.75) is 83.6 Å². The molecule has 0 unspecified atom stereocenters. The Kier molecular flexibility index (Phi) is 10.3. The summed E-state index contributed by atoms with van der Waals surface area (Å²) in [6.07, 6.45) is 5.13. The zero-order valence-corrected chi connectivity index (χ0v) is 15.3. The van der Waals surface area contributed by atoms with E-state index in [1.807, 2.05) is 0 Å². The van der Waals surface area contributed by atoms with Crippen LogP contribution in [0.5, 0.6) is 0 Å². The molecule has 0 spiro atoms. The SMILES string of the molecule is CCCCN(CCCC)C[C@@H]1[C@@H](O)[C@H](O)[C@@H](CO)N1CCCC. The Morgan fingerprint density at radius 1 is 0.826 bits per heavy atom. The monoisotopic (exact) mass is 330 g/mol. The molecule has 5 nitrogen and oxygen atoms in total. The summed E-state index contributed by atoms with van der Waals surface area (Å²) in [5.74, 6) is 0. The van der Waals surface area contributed by atoms with Crippen LogP contribution in [0.4, 0.5) is 0 Å². The quantitative estimate of drug-likeness (QED) is 0.505. The van der Waals surface area contributed by atoms with E-state index < -0.39 is 12.2 Å². The van der Waals surface area contributed by atoms with Crippen molar-refractivity contribution in [2.24, 2.45) is 0 Å². The van der Waals surface area contributed by atoms with Gasteiger partial charge >= 0.3 is 0 Å². The molecule has 1 saturated heterocycles. The molecule has 0 aromatic rings. The average Bonchev–Trinajstić information content (AvgIpc) is 2.78. The minimum absolute atomic E-state index is 0.0811. The van der Waals surface area contributed by atoms with Crippen molar-refractivity contribution in [1.82, 2.24) is 9.80 Å². The van der Waals surface area contributed by atoms with Crippen LogP contribution in [0.3, 0.4) is 0 Å². The largest absolute Gasteiger partial charge is 0.395 e. The molecular weight excluding hydrogens is 292 g/mol. The third-order valence-corrected chi connectivity index (χ3v) is 5.05. The number of hydrogen-bond donors (Lipinski definition) is 3. The molecule has 1 heterocycles. The summed E-state index contributed by atoms with van der Waals surface area (Å²) in [4.78, 5) is 4.57. The van der Waals surface area contributed by atoms with Crippen LogP contribution in [0, 0.1) is 0 Å². The second kappa shape index (κ2) is 11.4. The fraction of sp³-hybridized carbons (Fsp3) is 1.00. The Hall–Kier alpha value is -0.200. The highest BCUT2D eigenvalue weighted by Crippen LogP contribution is 2.26. The molecule has 0 radical (unpaired) electrons. The van der Waals surface area contributed by atoms with E-state index in [0.717, 1.165) is 64.7 Å². The number of hydrogen-bond acceptors (Lipinski definition) is 5. The lowest BCUT2D eigenvalue weighted by atomic mass is 10.1. The van der Waals surface area contributed by atoms with Gasteiger partial charge in [-0.25, -0.2) is 0 Å². The molecule has 0 bridgehead atoms. The Morgan fingerprint density at radius 3 is 1.83 bits per heavy atom. The minimum atomic E-state index is -0.846. The van der Waals surface area contributed by atoms with Crippen LogP contribution in [-0.4, -0.2) is 82.2 Å². The first-order valence-electron chi connectivity index (χ1n) is 9.55. The lowest BCUT2D eigenvalue weighted by molar-refractivity contribution is 0.0151. The summed E-state index contributed by atoms with van der Waals surface area (Å²) >= 11 is 0. The Morgan fingerprint density at radius 2 is 1.35 bits per heavy atom. The summed E-state index contributed by atoms with van der Waals surface area (Å²) < 4.78 is 0. The second-order valence-corrected chi connectivity index (χ2v) is 6.90. The first-order valence-corrected chi connectivity index (χ1v) is 9.55. The average molecular weight is 331 g/mol. The van der Waals surface area contributed by atoms with Gasteiger partial charge in [-0.15, -0.1) is 0 Å². The second-order valence-electron chi connectivity index (χ2n) is 6.90. The van der Waals surface area contributed by atoms with Gasteiger partial charge in [0.1, 0.15) is 0 Å². The third-order valence-electron chi connectivity index (χ3n) is 5.05. The summed E-state index contributed by atoms with van der Waals surface area (Å²) in [7, 11) is 0. The molecule has 3 N–H and O–H groups in total. The number of aliphatic hydroxyl groups excluding tert-OH is 3. The summed E-state index contributed by atoms with van der Waals surface area (Å²) in [5, 5.41) is 30.4. The van der Waals surface area contributed by atoms with Crippen LogP contribution in [0.15, 0.2) is 0 Å². The molecule has 1 aliphatic rings. The van der Waals surface area contributed by atoms with Gasteiger partial charge in [-0.1, -0.05) is 40.0 Å². The van der Waals surface area contributed by atoms with Crippen LogP contribution in [0.1, 0.15) is 59.3 Å². The van der Waals surface area contributed by atoms with E-state index in [0.29, 0.717) is 0 Å². The highest BCUT2D eigenvalue weighted by Gasteiger charge is 2.47. The van der Waals surface area contributed by atoms with Gasteiger partial charge in [0.05, 0.1) is 30.9 Å². The molecule has 4 atom stereocenters. The molecule has 5 heteroatoms. The van der Waals surface area contributed by atoms with E-state index in [2.05, 4.69) is 30.6 Å². The smallest absolute Gasteiger partial charge is 0.0992 e. The topological polar surface area (TPSA) is 67.2 Å². The molecule has 0 saturated carbocycles. The first kappa shape index (κ1) is 20.8. The van der Waals surface area contributed by atoms with Crippen LogP contribution >= 0.6 is 0 Å². The first-order chi connectivity index (χ1) is 11.1. The van der Waals surface area contributed by atoms with E-state index in [1.54, 1.807) is 0 Å². The van der Waals surface area contributed by atoms with Gasteiger partial charge in [0.2, 0.25) is 0 Å². The molecule has 0 amide bonds. The maximum Gasteiger partial charge on any atom is 0.0992 e. The van der Waals surface area contributed by atoms with Gasteiger partial charge in [0.25, 0.3) is 0 Å². The van der Waals surface area contributed by atoms with Gasteiger partial charge in [-0.05, 0) is 38.9 Å². The number of nitrogens with zero attached hydrogens (tertiary/aromatic N) is 2. The Bertz CT molecular complexity index is 296. The lowest BCUT2D eigenvalue weighted by Gasteiger charge is -2.33. The van der Waals surface area contributed by atoms with Crippen molar-refractivity contribution >= 4 is 0 Å². The molecule has 1 aliphatic heterocycles. The van der Waals surface area contributed by atoms with Crippen LogP contribution < -0.4 is 0 Å². The number of rotatable bonds is 12. The van der Waals surface area contributed by atoms with Crippen molar-refractivity contribution in [2.75, 3.05) is 32.8 Å². The van der Waals surface area contributed by atoms with Crippen LogP contribution in [0.2, 0.25) is 0 Å². The molecule has 0 aromatic carbocycles. The minimum Gasteiger partial charge on any atom is -0.395 e. The molecule has 1 fully saturated rings. The highest BCUT2D eigenvalue weighted by atomic mass is 16.3. The van der Waals surface area contributed by atoms with E-state index >= 15 is 0 Å². The third kappa shape index (κ3) is 5.98. The van der Waals surface area contributed by atoms with E-state index in [1.165, 1.54) is 0 Å². The maximum atomic E-state index is 10.5. The lowest BCUT2D eigenvalue weighted by Crippen LogP contribution is -2.48. The van der Waals surface area contributed by atoms with Crippen molar-refractivity contribution in [3.8, 4) is 0 Å². The normalized spacial score (nSPS) is 28.8. The van der Waals surface area contributed by atoms with Gasteiger partial charge in [0.15, 0.2) is 0 Å². The van der Waals surface area contributed by atoms with E-state index in [-0.39, 0.29) is 18.7 Å². The molecule has 0 aromatic heterocycles. The maximum absolute atomic E-state index is 10.5. The number of unbranched alkanes of at least 4 members (excludes halogenated alkanes) is 3. The Balaban J connectivity index is 2.76. The summed E-state index contributed by atoms with van der Waals surface area (Å²) in [6, 6.07) is -0.414. The van der Waals surface area contributed by atoms with Gasteiger partial charge in [-0.3, -0.25) is 4.90 Å². The van der Waals surface area contributed by atoms with E-state index in [4.69, 9.17) is 0 Å². The Labute approximate surface area is 142 Å². The summed E-state index contributed by atoms with van der Waals surface area (Å²) in [5.41, 5.74) is 0. The molecule has 0 aliphatic carbocycles. The van der Waals surface area contributed by atoms with Crippen molar-refractivity contribution < 1.29 is 15.3 Å². The van der Waals surface area contributed by atoms with Crippen molar-refractivity contribution in [3.63, 3.8) is 0 Å². The predicted octanol–water partition coefficient (Wildman–Crippen LogP) is 1.46. The summed E-state index contributed by atoms with van der Waals surface area (Å²) in [6.45, 7) is 10.1. The van der Waals surface area contributed by atoms with Crippen molar-refractivity contribution in [1.29, 1.82) is 0 Å². The number of aliphatic hydroxyl groups is 3. The van der Waals surface area contributed by atoms with Gasteiger partial charge in [0, 0.05) is 6.54 Å². The fourth-order valence-corrected chi connectivity index (χ4v) is 3.51. The molecular formula is C18H38N2O3. The molecule has 23 heavy (non-hydrogen) atoms. The fourth-order valence-electron chi connectivity index (χ4n) is 3.51. The molecule has 138 valence electrons. The highest BCUT2D eigenvalue weighted by molar-refractivity contribution is 5.01. The van der Waals surface area contributed by atoms with E-state index in [9.17, 15) is 15.3 Å². The standard InChI is InChI=1S/C18H38N2O3/c1-4-7-10-19(11-8-5-2)13-15-17(22)18(23)16(14-21)20(15)12-9-6-3/h15-18,21-23H,4-14H2,1-3H3/t15-,16-,17-,18-/m1/s1. The van der Waals surface area contributed by atoms with Crippen LogP contribution in [-0.2, 0) is 0 Å². The van der Waals surface area contributed by atoms with Crippen molar-refractivity contribution in [3.05, 3.63) is 0 Å². The van der Waals surface area contributed by atoms with Gasteiger partial charge < -0.3 is 20.2 Å². The number of likely N-dealkylation sites (tertiary alicyclic amines) is 1. The zero-order chi connectivity index (χ0) is 17.2. The zero-order valence-electron chi connectivity index (χ0n) is 15.3. The van der Waals surface area contributed by atoms with Crippen LogP contribution in [0.25, 0.3) is 0 Å². The van der Waals surface area contributed by atoms with Gasteiger partial charge in [-0.2, -0.15) is 0 Å². The predicted molar refractivity (Wildman–Crippen MR) is 94.5 cm³/mol. The molecule has 1 rings (SSSR count).